The fraction of sp³-hybridized carbons (Fsp3) is 0.691. The normalized spacial score (nSPS) is 25.7. The highest BCUT2D eigenvalue weighted by Crippen LogP contribution is 2.26. The van der Waals surface area contributed by atoms with Gasteiger partial charge in [0.1, 0.15) is 55.4 Å². The lowest BCUT2D eigenvalue weighted by molar-refractivity contribution is -0.332. The summed E-state index contributed by atoms with van der Waals surface area (Å²) in [6.07, 6.45) is 31.2. The number of aliphatic hydroxyl groups is 7. The van der Waals surface area contributed by atoms with Gasteiger partial charge < -0.3 is 64.2 Å². The minimum Gasteiger partial charge on any atom is -0.462 e. The van der Waals surface area contributed by atoms with Gasteiger partial charge in [-0.2, -0.15) is 0 Å². The SMILES string of the molecule is CC/C=C/C/C=C/C/C=C/C/C=C/C/C=C/C/C=C/CCC(=O)OC[C@@H](CO[C@@H]1O[C@H](CO[C@@H]2O[C@H](CO)[C@H](O)C(O)C2O)[C@H](O)C(O)C1O)OC(=O)CCCCCCCC=C=CCCCCCCC. The van der Waals surface area contributed by atoms with Gasteiger partial charge >= 0.3 is 11.9 Å². The molecule has 0 aromatic carbocycles. The van der Waals surface area contributed by atoms with Crippen LogP contribution in [-0.4, -0.2) is 142 Å². The molecular formula is C55H88O15. The van der Waals surface area contributed by atoms with Crippen molar-refractivity contribution >= 4 is 11.9 Å². The third kappa shape index (κ3) is 28.5. The average Bonchev–Trinajstić information content (AvgIpc) is 3.35. The van der Waals surface area contributed by atoms with E-state index in [0.29, 0.717) is 19.3 Å². The molecule has 2 fully saturated rings. The largest absolute Gasteiger partial charge is 0.462 e. The molecule has 4 unspecified atom stereocenters. The van der Waals surface area contributed by atoms with E-state index in [4.69, 9.17) is 28.4 Å². The number of carbonyl (C=O) groups is 2. The first kappa shape index (κ1) is 62.6. The second-order valence-corrected chi connectivity index (χ2v) is 17.7. The number of unbranched alkanes of at least 4 members (excludes halogenated alkanes) is 10. The summed E-state index contributed by atoms with van der Waals surface area (Å²) in [6.45, 7) is 2.34. The molecule has 15 nitrogen and oxygen atoms in total. The van der Waals surface area contributed by atoms with E-state index in [1.54, 1.807) is 0 Å². The van der Waals surface area contributed by atoms with Crippen molar-refractivity contribution in [1.29, 1.82) is 0 Å². The van der Waals surface area contributed by atoms with Gasteiger partial charge in [0.2, 0.25) is 0 Å². The maximum atomic E-state index is 13.0. The Morgan fingerprint density at radius 1 is 0.514 bits per heavy atom. The van der Waals surface area contributed by atoms with Gasteiger partial charge in [0.25, 0.3) is 0 Å². The van der Waals surface area contributed by atoms with Gasteiger partial charge in [-0.1, -0.05) is 132 Å². The van der Waals surface area contributed by atoms with Crippen molar-refractivity contribution in [2.75, 3.05) is 26.4 Å². The van der Waals surface area contributed by atoms with E-state index in [1.807, 2.05) is 12.2 Å². The number of rotatable bonds is 38. The molecule has 0 aromatic heterocycles. The standard InChI is InChI=1S/C55H88O15/c1-3-5-7-9-11-13-15-17-19-20-21-22-24-25-27-29-31-33-35-37-46(57)65-40-43(68-47(58)38-36-34-32-30-28-26-23-18-16-14-12-10-8-6-4-2)41-66-54-53(64)51(62)49(60)45(70-54)42-67-55-52(63)50(61)48(59)44(39-56)69-55/h5,7,11,13,16-17,19,21-23,25,27,31,33,43-45,48-56,59-64H,3-4,6,8-10,12,14-15,20,24,26,28-30,32,34-42H2,1-2H3/b7-5+,13-11+,19-17+,22-21+,27-25+,33-31+/t18?,43-,44+,45+,48-,49-,50?,51?,52?,53?,54+,55+/m0/s1. The molecule has 0 bridgehead atoms. The van der Waals surface area contributed by atoms with Gasteiger partial charge in [0.15, 0.2) is 18.7 Å². The summed E-state index contributed by atoms with van der Waals surface area (Å²) in [7, 11) is 0. The first-order valence-electron chi connectivity index (χ1n) is 25.9. The molecular weight excluding hydrogens is 901 g/mol. The highest BCUT2D eigenvalue weighted by molar-refractivity contribution is 5.70. The van der Waals surface area contributed by atoms with Crippen LogP contribution in [0.25, 0.3) is 0 Å². The highest BCUT2D eigenvalue weighted by Gasteiger charge is 2.47. The number of ether oxygens (including phenoxy) is 6. The second kappa shape index (κ2) is 41.0. The summed E-state index contributed by atoms with van der Waals surface area (Å²) in [5.74, 6) is -1.05. The van der Waals surface area contributed by atoms with Crippen LogP contribution in [0.2, 0.25) is 0 Å². The summed E-state index contributed by atoms with van der Waals surface area (Å²) in [4.78, 5) is 25.7. The monoisotopic (exact) mass is 989 g/mol. The van der Waals surface area contributed by atoms with Crippen molar-refractivity contribution in [1.82, 2.24) is 0 Å². The number of carbonyl (C=O) groups excluding carboxylic acids is 2. The third-order valence-corrected chi connectivity index (χ3v) is 11.6. The minimum atomic E-state index is -1.78. The number of allylic oxidation sites excluding steroid dienone is 13. The predicted molar refractivity (Wildman–Crippen MR) is 269 cm³/mol. The third-order valence-electron chi connectivity index (χ3n) is 11.6. The molecule has 0 amide bonds. The molecule has 70 heavy (non-hydrogen) atoms. The first-order chi connectivity index (χ1) is 34.0. The van der Waals surface area contributed by atoms with Gasteiger partial charge in [0, 0.05) is 12.8 Å². The molecule has 0 radical (unpaired) electrons. The van der Waals surface area contributed by atoms with Crippen molar-refractivity contribution in [3.05, 3.63) is 90.8 Å². The predicted octanol–water partition coefficient (Wildman–Crippen LogP) is 7.36. The molecule has 2 saturated heterocycles. The van der Waals surface area contributed by atoms with Crippen LogP contribution >= 0.6 is 0 Å². The molecule has 15 heteroatoms. The van der Waals surface area contributed by atoms with Crippen molar-refractivity contribution < 1.29 is 73.8 Å². The quantitative estimate of drug-likeness (QED) is 0.0139. The summed E-state index contributed by atoms with van der Waals surface area (Å²) >= 11 is 0. The number of hydrogen-bond donors (Lipinski definition) is 7. The van der Waals surface area contributed by atoms with E-state index in [0.717, 1.165) is 70.6 Å². The summed E-state index contributed by atoms with van der Waals surface area (Å²) in [5, 5.41) is 72.1. The summed E-state index contributed by atoms with van der Waals surface area (Å²) < 4.78 is 33.5. The van der Waals surface area contributed by atoms with Crippen molar-refractivity contribution in [3.63, 3.8) is 0 Å². The number of esters is 2. The topological polar surface area (TPSA) is 231 Å². The molecule has 7 N–H and O–H groups in total. The maximum Gasteiger partial charge on any atom is 0.306 e. The fourth-order valence-electron chi connectivity index (χ4n) is 7.39. The molecule has 11 atom stereocenters. The van der Waals surface area contributed by atoms with E-state index in [1.165, 1.54) is 32.1 Å². The zero-order valence-electron chi connectivity index (χ0n) is 42.0. The van der Waals surface area contributed by atoms with E-state index in [2.05, 4.69) is 92.5 Å². The molecule has 0 aliphatic carbocycles. The Kier molecular flexibility index (Phi) is 36.6. The number of aliphatic hydroxyl groups excluding tert-OH is 7. The lowest BCUT2D eigenvalue weighted by Gasteiger charge is -2.42. The van der Waals surface area contributed by atoms with Gasteiger partial charge in [0.05, 0.1) is 19.8 Å². The van der Waals surface area contributed by atoms with Crippen LogP contribution < -0.4 is 0 Å². The molecule has 2 rings (SSSR count). The van der Waals surface area contributed by atoms with E-state index in [9.17, 15) is 45.3 Å². The van der Waals surface area contributed by atoms with Crippen LogP contribution in [0.1, 0.15) is 149 Å². The fourth-order valence-corrected chi connectivity index (χ4v) is 7.39. The Morgan fingerprint density at radius 3 is 1.56 bits per heavy atom. The average molecular weight is 989 g/mol. The van der Waals surface area contributed by atoms with Gasteiger partial charge in [-0.3, -0.25) is 9.59 Å². The lowest BCUT2D eigenvalue weighted by Crippen LogP contribution is -2.61. The van der Waals surface area contributed by atoms with Crippen LogP contribution in [0.5, 0.6) is 0 Å². The zero-order chi connectivity index (χ0) is 51.0. The lowest BCUT2D eigenvalue weighted by atomic mass is 9.98. The Balaban J connectivity index is 1.85. The summed E-state index contributed by atoms with van der Waals surface area (Å²) in [5.41, 5.74) is 3.28. The van der Waals surface area contributed by atoms with Gasteiger partial charge in [-0.15, -0.1) is 5.73 Å². The van der Waals surface area contributed by atoms with Crippen LogP contribution in [0.3, 0.4) is 0 Å². The zero-order valence-corrected chi connectivity index (χ0v) is 42.0. The Hall–Kier alpha value is -3.54. The van der Waals surface area contributed by atoms with Gasteiger partial charge in [-0.05, 0) is 89.2 Å². The maximum absolute atomic E-state index is 13.0. The first-order valence-corrected chi connectivity index (χ1v) is 25.9. The second-order valence-electron chi connectivity index (χ2n) is 17.7. The Bertz CT molecular complexity index is 1600. The molecule has 0 spiro atoms. The highest BCUT2D eigenvalue weighted by atomic mass is 16.7. The summed E-state index contributed by atoms with van der Waals surface area (Å²) in [6, 6.07) is 0. The van der Waals surface area contributed by atoms with Crippen LogP contribution in [0, 0.1) is 0 Å². The molecule has 0 saturated carbocycles. The van der Waals surface area contributed by atoms with Crippen LogP contribution in [-0.2, 0) is 38.0 Å². The molecule has 0 aromatic rings. The molecule has 2 aliphatic heterocycles. The molecule has 2 aliphatic rings. The van der Waals surface area contributed by atoms with Crippen molar-refractivity contribution in [2.24, 2.45) is 0 Å². The van der Waals surface area contributed by atoms with Gasteiger partial charge in [-0.25, -0.2) is 0 Å². The molecule has 2 heterocycles. The van der Waals surface area contributed by atoms with E-state index >= 15 is 0 Å². The number of hydrogen-bond acceptors (Lipinski definition) is 15. The minimum absolute atomic E-state index is 0.0829. The van der Waals surface area contributed by atoms with Crippen molar-refractivity contribution in [3.8, 4) is 0 Å². The van der Waals surface area contributed by atoms with Crippen LogP contribution in [0.4, 0.5) is 0 Å². The molecule has 398 valence electrons. The smallest absolute Gasteiger partial charge is 0.306 e. The van der Waals surface area contributed by atoms with Crippen molar-refractivity contribution in [2.45, 2.75) is 216 Å². The van der Waals surface area contributed by atoms with Crippen LogP contribution in [0.15, 0.2) is 90.8 Å². The Morgan fingerprint density at radius 2 is 1.00 bits per heavy atom. The van der Waals surface area contributed by atoms with E-state index < -0.39 is 99.3 Å². The Labute approximate surface area is 417 Å². The van der Waals surface area contributed by atoms with E-state index in [-0.39, 0.29) is 19.4 Å².